The molecule has 0 bridgehead atoms. The fourth-order valence-electron chi connectivity index (χ4n) is 4.11. The van der Waals surface area contributed by atoms with E-state index in [4.69, 9.17) is 16.3 Å². The van der Waals surface area contributed by atoms with Gasteiger partial charge in [-0.05, 0) is 49.2 Å². The molecule has 3 aromatic rings. The van der Waals surface area contributed by atoms with Crippen molar-refractivity contribution in [1.29, 1.82) is 0 Å². The molecule has 0 saturated carbocycles. The number of hydrogen-bond donors (Lipinski definition) is 3. The Labute approximate surface area is 211 Å². The summed E-state index contributed by atoms with van der Waals surface area (Å²) >= 11 is 6.37. The van der Waals surface area contributed by atoms with Crippen LogP contribution >= 0.6 is 11.6 Å². The molecule has 0 spiro atoms. The van der Waals surface area contributed by atoms with Crippen molar-refractivity contribution in [1.82, 2.24) is 15.3 Å². The molecular formula is C25H30ClN5O3S. The number of nitrogens with zero attached hydrogens (tertiary/aromatic N) is 2. The summed E-state index contributed by atoms with van der Waals surface area (Å²) in [5.41, 5.74) is 3.51. The highest BCUT2D eigenvalue weighted by Gasteiger charge is 2.29. The van der Waals surface area contributed by atoms with Gasteiger partial charge in [0.1, 0.15) is 10.8 Å². The first kappa shape index (κ1) is 25.2. The third-order valence-corrected chi connectivity index (χ3v) is 8.58. The van der Waals surface area contributed by atoms with Crippen LogP contribution in [0, 0.1) is 0 Å². The first-order valence-corrected chi connectivity index (χ1v) is 13.3. The predicted octanol–water partition coefficient (Wildman–Crippen LogP) is 5.19. The van der Waals surface area contributed by atoms with E-state index in [9.17, 15) is 8.42 Å². The van der Waals surface area contributed by atoms with E-state index in [0.717, 1.165) is 18.8 Å². The summed E-state index contributed by atoms with van der Waals surface area (Å²) in [6.45, 7) is 9.33. The zero-order valence-corrected chi connectivity index (χ0v) is 22.0. The van der Waals surface area contributed by atoms with E-state index < -0.39 is 15.1 Å². The van der Waals surface area contributed by atoms with Gasteiger partial charge in [-0.1, -0.05) is 37.6 Å². The summed E-state index contributed by atoms with van der Waals surface area (Å²) in [7, 11) is -1.89. The summed E-state index contributed by atoms with van der Waals surface area (Å²) in [6.07, 6.45) is 1.47. The highest BCUT2D eigenvalue weighted by molar-refractivity contribution is 7.92. The fraction of sp³-hybridized carbons (Fsp3) is 0.360. The molecule has 0 amide bonds. The Morgan fingerprint density at radius 3 is 2.60 bits per heavy atom. The Hall–Kier alpha value is -2.88. The van der Waals surface area contributed by atoms with Crippen LogP contribution in [0.15, 0.2) is 47.5 Å². The Kier molecular flexibility index (Phi) is 6.95. The normalized spacial score (nSPS) is 14.9. The zero-order chi connectivity index (χ0) is 25.4. The standard InChI is InChI=1S/C25H30ClN5O3S/c1-15(2)35(32,33)22-9-7-6-8-19(22)29-23-18(26)13-28-24(31-23)30-20-10-16-12-27-14-25(3,4)17(16)11-21(20)34-5/h6-11,13,15,27H,12,14H2,1-5H3,(H2,28,29,30,31). The lowest BCUT2D eigenvalue weighted by Crippen LogP contribution is -2.38. The molecule has 8 nitrogen and oxygen atoms in total. The number of aromatic nitrogens is 2. The van der Waals surface area contributed by atoms with Crippen LogP contribution in [0.2, 0.25) is 5.02 Å². The molecule has 0 saturated heterocycles. The van der Waals surface area contributed by atoms with Gasteiger partial charge in [0.2, 0.25) is 5.95 Å². The number of benzene rings is 2. The molecule has 4 rings (SSSR count). The highest BCUT2D eigenvalue weighted by Crippen LogP contribution is 2.38. The van der Waals surface area contributed by atoms with Crippen molar-refractivity contribution in [3.63, 3.8) is 0 Å². The van der Waals surface area contributed by atoms with Crippen molar-refractivity contribution >= 4 is 44.6 Å². The van der Waals surface area contributed by atoms with Gasteiger partial charge in [-0.2, -0.15) is 4.98 Å². The smallest absolute Gasteiger partial charge is 0.229 e. The number of halogens is 1. The molecule has 2 heterocycles. The van der Waals surface area contributed by atoms with Crippen molar-refractivity contribution in [3.8, 4) is 5.75 Å². The molecule has 0 fully saturated rings. The minimum Gasteiger partial charge on any atom is -0.495 e. The molecule has 1 aromatic heterocycles. The van der Waals surface area contributed by atoms with Crippen molar-refractivity contribution in [2.24, 2.45) is 0 Å². The van der Waals surface area contributed by atoms with Gasteiger partial charge in [0, 0.05) is 18.5 Å². The third kappa shape index (κ3) is 5.07. The lowest BCUT2D eigenvalue weighted by molar-refractivity contribution is 0.404. The van der Waals surface area contributed by atoms with Gasteiger partial charge in [-0.25, -0.2) is 13.4 Å². The van der Waals surface area contributed by atoms with Crippen LogP contribution in [0.1, 0.15) is 38.8 Å². The van der Waals surface area contributed by atoms with Crippen LogP contribution in [0.5, 0.6) is 5.75 Å². The molecule has 0 aliphatic carbocycles. The second-order valence-corrected chi connectivity index (χ2v) is 12.3. The molecule has 2 aromatic carbocycles. The molecule has 0 unspecified atom stereocenters. The van der Waals surface area contributed by atoms with Crippen molar-refractivity contribution in [2.45, 2.75) is 49.8 Å². The largest absolute Gasteiger partial charge is 0.495 e. The van der Waals surface area contributed by atoms with Gasteiger partial charge in [-0.15, -0.1) is 0 Å². The van der Waals surface area contributed by atoms with Crippen LogP contribution < -0.4 is 20.7 Å². The Balaban J connectivity index is 1.68. The number of nitrogens with one attached hydrogen (secondary N) is 3. The third-order valence-electron chi connectivity index (χ3n) is 6.09. The van der Waals surface area contributed by atoms with Crippen LogP contribution in [0.4, 0.5) is 23.1 Å². The second kappa shape index (κ2) is 9.64. The topological polar surface area (TPSA) is 105 Å². The number of sulfone groups is 1. The predicted molar refractivity (Wildman–Crippen MR) is 140 cm³/mol. The Morgan fingerprint density at radius 2 is 1.89 bits per heavy atom. The first-order valence-electron chi connectivity index (χ1n) is 11.3. The van der Waals surface area contributed by atoms with Crippen molar-refractivity contribution < 1.29 is 13.2 Å². The number of hydrogen-bond acceptors (Lipinski definition) is 8. The molecule has 1 aliphatic heterocycles. The summed E-state index contributed by atoms with van der Waals surface area (Å²) in [5, 5.41) is 9.44. The average molecular weight is 516 g/mol. The lowest BCUT2D eigenvalue weighted by atomic mass is 9.79. The quantitative estimate of drug-likeness (QED) is 0.395. The van der Waals surface area contributed by atoms with E-state index in [1.807, 2.05) is 6.07 Å². The molecule has 3 N–H and O–H groups in total. The van der Waals surface area contributed by atoms with E-state index >= 15 is 0 Å². The maximum Gasteiger partial charge on any atom is 0.229 e. The van der Waals surface area contributed by atoms with Gasteiger partial charge in [0.05, 0.1) is 34.8 Å². The Morgan fingerprint density at radius 1 is 1.14 bits per heavy atom. The van der Waals surface area contributed by atoms with Gasteiger partial charge in [0.25, 0.3) is 0 Å². The van der Waals surface area contributed by atoms with Crippen molar-refractivity contribution in [2.75, 3.05) is 24.3 Å². The van der Waals surface area contributed by atoms with E-state index in [0.29, 0.717) is 17.4 Å². The molecule has 0 radical (unpaired) electrons. The van der Waals surface area contributed by atoms with Crippen LogP contribution in [0.3, 0.4) is 0 Å². The fourth-order valence-corrected chi connectivity index (χ4v) is 5.45. The minimum absolute atomic E-state index is 0.0169. The van der Waals surface area contributed by atoms with Crippen molar-refractivity contribution in [3.05, 3.63) is 58.7 Å². The molecular weight excluding hydrogens is 486 g/mol. The number of ether oxygens (including phenoxy) is 1. The maximum atomic E-state index is 12.8. The maximum absolute atomic E-state index is 12.8. The Bertz CT molecular complexity index is 1360. The summed E-state index contributed by atoms with van der Waals surface area (Å²) in [6, 6.07) is 10.8. The average Bonchev–Trinajstić information content (AvgIpc) is 2.81. The van der Waals surface area contributed by atoms with Gasteiger partial charge in [-0.3, -0.25) is 0 Å². The van der Waals surface area contributed by atoms with E-state index in [-0.39, 0.29) is 21.2 Å². The molecule has 0 atom stereocenters. The SMILES string of the molecule is COc1cc2c(cc1Nc1ncc(Cl)c(Nc3ccccc3S(=O)(=O)C(C)C)n1)CNCC2(C)C. The molecule has 1 aliphatic rings. The highest BCUT2D eigenvalue weighted by atomic mass is 35.5. The lowest BCUT2D eigenvalue weighted by Gasteiger charge is -2.34. The van der Waals surface area contributed by atoms with E-state index in [1.165, 1.54) is 17.3 Å². The number of para-hydroxylation sites is 1. The van der Waals surface area contributed by atoms with Gasteiger partial charge in [0.15, 0.2) is 15.7 Å². The number of methoxy groups -OCH3 is 1. The van der Waals surface area contributed by atoms with Gasteiger partial charge >= 0.3 is 0 Å². The number of rotatable bonds is 7. The van der Waals surface area contributed by atoms with E-state index in [1.54, 1.807) is 45.2 Å². The van der Waals surface area contributed by atoms with E-state index in [2.05, 4.69) is 45.8 Å². The minimum atomic E-state index is -3.51. The monoisotopic (exact) mass is 515 g/mol. The molecule has 35 heavy (non-hydrogen) atoms. The summed E-state index contributed by atoms with van der Waals surface area (Å²) < 4.78 is 31.3. The van der Waals surface area contributed by atoms with Crippen LogP contribution in [0.25, 0.3) is 0 Å². The van der Waals surface area contributed by atoms with Gasteiger partial charge < -0.3 is 20.7 Å². The summed E-state index contributed by atoms with van der Waals surface area (Å²) in [5.74, 6) is 1.26. The molecule has 10 heteroatoms. The van der Waals surface area contributed by atoms with Crippen LogP contribution in [-0.4, -0.2) is 37.3 Å². The number of fused-ring (bicyclic) bond motifs is 1. The number of anilines is 4. The second-order valence-electron chi connectivity index (χ2n) is 9.43. The van der Waals surface area contributed by atoms with Crippen LogP contribution in [-0.2, 0) is 21.8 Å². The molecule has 186 valence electrons. The first-order chi connectivity index (χ1) is 16.5. The zero-order valence-electron chi connectivity index (χ0n) is 20.4. The summed E-state index contributed by atoms with van der Waals surface area (Å²) in [4.78, 5) is 9.01.